The van der Waals surface area contributed by atoms with Gasteiger partial charge in [0.25, 0.3) is 5.91 Å². The van der Waals surface area contributed by atoms with Crippen molar-refractivity contribution in [3.63, 3.8) is 0 Å². The van der Waals surface area contributed by atoms with Crippen LogP contribution in [0, 0.1) is 0 Å². The van der Waals surface area contributed by atoms with Crippen molar-refractivity contribution >= 4 is 17.5 Å². The van der Waals surface area contributed by atoms with Crippen LogP contribution in [-0.2, 0) is 0 Å². The fourth-order valence-corrected chi connectivity index (χ4v) is 1.59. The van der Waals surface area contributed by atoms with Crippen molar-refractivity contribution < 1.29 is 4.79 Å². The summed E-state index contributed by atoms with van der Waals surface area (Å²) in [6.07, 6.45) is 6.31. The standard InChI is InChI=1S/C11H11ClN4O/c1-7(10-14-4-5-15-10)16-11(17)8-6-13-3-2-9(8)12/h2-7H,1H3,(H,14,15)(H,16,17). The molecule has 0 aliphatic carbocycles. The van der Waals surface area contributed by atoms with Crippen molar-refractivity contribution in [1.29, 1.82) is 0 Å². The largest absolute Gasteiger partial charge is 0.347 e. The van der Waals surface area contributed by atoms with Crippen LogP contribution < -0.4 is 5.32 Å². The molecule has 2 heterocycles. The van der Waals surface area contributed by atoms with Gasteiger partial charge in [-0.3, -0.25) is 9.78 Å². The molecule has 17 heavy (non-hydrogen) atoms. The minimum absolute atomic E-state index is 0.214. The van der Waals surface area contributed by atoms with E-state index in [4.69, 9.17) is 11.6 Å². The maximum atomic E-state index is 11.9. The lowest BCUT2D eigenvalue weighted by Gasteiger charge is -2.11. The van der Waals surface area contributed by atoms with Crippen LogP contribution in [0.4, 0.5) is 0 Å². The monoisotopic (exact) mass is 250 g/mol. The van der Waals surface area contributed by atoms with E-state index in [2.05, 4.69) is 20.3 Å². The summed E-state index contributed by atoms with van der Waals surface area (Å²) in [7, 11) is 0. The van der Waals surface area contributed by atoms with E-state index in [9.17, 15) is 4.79 Å². The molecule has 0 spiro atoms. The summed E-state index contributed by atoms with van der Waals surface area (Å²) in [5, 5.41) is 3.16. The van der Waals surface area contributed by atoms with Crippen LogP contribution in [0.5, 0.6) is 0 Å². The summed E-state index contributed by atoms with van der Waals surface area (Å²) in [5.74, 6) is 0.422. The molecule has 1 atom stereocenters. The number of halogens is 1. The molecule has 2 aromatic heterocycles. The Balaban J connectivity index is 2.10. The third kappa shape index (κ3) is 2.62. The average molecular weight is 251 g/mol. The highest BCUT2D eigenvalue weighted by Gasteiger charge is 2.15. The van der Waals surface area contributed by atoms with E-state index >= 15 is 0 Å². The first kappa shape index (κ1) is 11.6. The molecule has 5 nitrogen and oxygen atoms in total. The van der Waals surface area contributed by atoms with Crippen LogP contribution in [0.25, 0.3) is 0 Å². The zero-order valence-corrected chi connectivity index (χ0v) is 9.90. The first-order valence-electron chi connectivity index (χ1n) is 5.08. The lowest BCUT2D eigenvalue weighted by atomic mass is 10.2. The summed E-state index contributed by atoms with van der Waals surface area (Å²) < 4.78 is 0. The highest BCUT2D eigenvalue weighted by Crippen LogP contribution is 2.15. The average Bonchev–Trinajstić information content (AvgIpc) is 2.82. The molecular formula is C11H11ClN4O. The minimum atomic E-state index is -0.271. The van der Waals surface area contributed by atoms with Crippen LogP contribution in [-0.4, -0.2) is 20.9 Å². The summed E-state index contributed by atoms with van der Waals surface area (Å²) in [4.78, 5) is 22.8. The zero-order chi connectivity index (χ0) is 12.3. The number of pyridine rings is 1. The third-order valence-corrected chi connectivity index (χ3v) is 2.62. The molecule has 0 saturated carbocycles. The van der Waals surface area contributed by atoms with Gasteiger partial charge in [-0.05, 0) is 13.0 Å². The number of aromatic nitrogens is 3. The molecule has 0 aliphatic rings. The molecular weight excluding hydrogens is 240 g/mol. The van der Waals surface area contributed by atoms with Gasteiger partial charge in [-0.1, -0.05) is 11.6 Å². The summed E-state index contributed by atoms with van der Waals surface area (Å²) in [5.41, 5.74) is 0.354. The second-order valence-electron chi connectivity index (χ2n) is 3.53. The quantitative estimate of drug-likeness (QED) is 0.875. The molecule has 2 aromatic rings. The van der Waals surface area contributed by atoms with E-state index in [0.29, 0.717) is 16.4 Å². The molecule has 6 heteroatoms. The van der Waals surface area contributed by atoms with Gasteiger partial charge < -0.3 is 10.3 Å². The number of amides is 1. The molecule has 0 aliphatic heterocycles. The number of carbonyl (C=O) groups excluding carboxylic acids is 1. The van der Waals surface area contributed by atoms with Gasteiger partial charge in [-0.2, -0.15) is 0 Å². The van der Waals surface area contributed by atoms with Gasteiger partial charge in [-0.25, -0.2) is 4.98 Å². The number of hydrogen-bond acceptors (Lipinski definition) is 3. The Hall–Kier alpha value is -1.88. The molecule has 0 radical (unpaired) electrons. The number of nitrogens with one attached hydrogen (secondary N) is 2. The van der Waals surface area contributed by atoms with Crippen LogP contribution in [0.2, 0.25) is 5.02 Å². The molecule has 2 N–H and O–H groups in total. The summed E-state index contributed by atoms with van der Waals surface area (Å²) in [6, 6.07) is 1.36. The molecule has 0 bridgehead atoms. The highest BCUT2D eigenvalue weighted by atomic mass is 35.5. The van der Waals surface area contributed by atoms with Crippen LogP contribution >= 0.6 is 11.6 Å². The number of imidazole rings is 1. The molecule has 0 saturated heterocycles. The van der Waals surface area contributed by atoms with E-state index in [1.54, 1.807) is 18.5 Å². The molecule has 0 fully saturated rings. The SMILES string of the molecule is CC(NC(=O)c1cnccc1Cl)c1ncc[nH]1. The Kier molecular flexibility index (Phi) is 3.39. The van der Waals surface area contributed by atoms with Crippen LogP contribution in [0.3, 0.4) is 0 Å². The van der Waals surface area contributed by atoms with Crippen molar-refractivity contribution in [2.45, 2.75) is 13.0 Å². The first-order valence-corrected chi connectivity index (χ1v) is 5.46. The van der Waals surface area contributed by atoms with Crippen LogP contribution in [0.15, 0.2) is 30.9 Å². The maximum Gasteiger partial charge on any atom is 0.254 e. The highest BCUT2D eigenvalue weighted by molar-refractivity contribution is 6.33. The van der Waals surface area contributed by atoms with Crippen molar-refractivity contribution in [1.82, 2.24) is 20.3 Å². The Morgan fingerprint density at radius 2 is 2.35 bits per heavy atom. The Morgan fingerprint density at radius 1 is 1.53 bits per heavy atom. The van der Waals surface area contributed by atoms with Gasteiger partial charge in [-0.15, -0.1) is 0 Å². The van der Waals surface area contributed by atoms with Crippen LogP contribution in [0.1, 0.15) is 29.1 Å². The van der Waals surface area contributed by atoms with Gasteiger partial charge in [0.2, 0.25) is 0 Å². The van der Waals surface area contributed by atoms with E-state index < -0.39 is 0 Å². The van der Waals surface area contributed by atoms with Gasteiger partial charge in [0, 0.05) is 24.8 Å². The van der Waals surface area contributed by atoms with Crippen molar-refractivity contribution in [3.05, 3.63) is 47.3 Å². The van der Waals surface area contributed by atoms with E-state index in [0.717, 1.165) is 0 Å². The maximum absolute atomic E-state index is 11.9. The topological polar surface area (TPSA) is 70.7 Å². The number of hydrogen-bond donors (Lipinski definition) is 2. The normalized spacial score (nSPS) is 12.1. The first-order chi connectivity index (χ1) is 8.18. The molecule has 88 valence electrons. The van der Waals surface area contributed by atoms with Gasteiger partial charge >= 0.3 is 0 Å². The van der Waals surface area contributed by atoms with E-state index in [-0.39, 0.29) is 11.9 Å². The number of carbonyl (C=O) groups is 1. The number of aromatic amines is 1. The smallest absolute Gasteiger partial charge is 0.254 e. The second kappa shape index (κ2) is 4.97. The molecule has 1 amide bonds. The summed E-state index contributed by atoms with van der Waals surface area (Å²) >= 11 is 5.90. The molecule has 2 rings (SSSR count). The van der Waals surface area contributed by atoms with E-state index in [1.807, 2.05) is 6.92 Å². The fourth-order valence-electron chi connectivity index (χ4n) is 1.40. The Labute approximate surface area is 103 Å². The Morgan fingerprint density at radius 3 is 3.00 bits per heavy atom. The van der Waals surface area contributed by atoms with Gasteiger partial charge in [0.05, 0.1) is 16.6 Å². The predicted octanol–water partition coefficient (Wildman–Crippen LogP) is 1.95. The zero-order valence-electron chi connectivity index (χ0n) is 9.14. The fraction of sp³-hybridized carbons (Fsp3) is 0.182. The number of H-pyrrole nitrogens is 1. The predicted molar refractivity (Wildman–Crippen MR) is 63.7 cm³/mol. The number of rotatable bonds is 3. The second-order valence-corrected chi connectivity index (χ2v) is 3.93. The lowest BCUT2D eigenvalue weighted by molar-refractivity contribution is 0.0938. The summed E-state index contributed by atoms with van der Waals surface area (Å²) in [6.45, 7) is 1.83. The number of nitrogens with zero attached hydrogens (tertiary/aromatic N) is 2. The van der Waals surface area contributed by atoms with Gasteiger partial charge in [0.15, 0.2) is 0 Å². The van der Waals surface area contributed by atoms with Gasteiger partial charge in [0.1, 0.15) is 5.82 Å². The van der Waals surface area contributed by atoms with Crippen molar-refractivity contribution in [3.8, 4) is 0 Å². The molecule has 0 aromatic carbocycles. The Bertz CT molecular complexity index is 512. The minimum Gasteiger partial charge on any atom is -0.347 e. The molecule has 1 unspecified atom stereocenters. The van der Waals surface area contributed by atoms with E-state index in [1.165, 1.54) is 12.4 Å². The van der Waals surface area contributed by atoms with Crippen molar-refractivity contribution in [2.24, 2.45) is 0 Å². The van der Waals surface area contributed by atoms with Crippen molar-refractivity contribution in [2.75, 3.05) is 0 Å². The third-order valence-electron chi connectivity index (χ3n) is 2.29. The lowest BCUT2D eigenvalue weighted by Crippen LogP contribution is -2.27.